The highest BCUT2D eigenvalue weighted by Crippen LogP contribution is 2.42. The van der Waals surface area contributed by atoms with Gasteiger partial charge < -0.3 is 15.4 Å². The number of para-hydroxylation sites is 1. The van der Waals surface area contributed by atoms with Gasteiger partial charge in [-0.1, -0.05) is 29.8 Å². The average molecular weight is 447 g/mol. The predicted octanol–water partition coefficient (Wildman–Crippen LogP) is 4.31. The van der Waals surface area contributed by atoms with E-state index in [0.717, 1.165) is 66.5 Å². The SMILES string of the molecule is Cc1nc(N2CCC3(CC2)Cc2ccccc2O3)n2ccnc2c1-c1cnc(N)cc1Cl. The Morgan fingerprint density at radius 3 is 2.75 bits per heavy atom. The van der Waals surface area contributed by atoms with E-state index in [4.69, 9.17) is 27.1 Å². The van der Waals surface area contributed by atoms with Gasteiger partial charge in [0.25, 0.3) is 0 Å². The number of benzene rings is 1. The molecule has 1 aromatic carbocycles. The zero-order chi connectivity index (χ0) is 21.9. The number of hydrogen-bond donors (Lipinski definition) is 1. The smallest absolute Gasteiger partial charge is 0.211 e. The maximum Gasteiger partial charge on any atom is 0.211 e. The Hall–Kier alpha value is -3.32. The molecule has 0 unspecified atom stereocenters. The van der Waals surface area contributed by atoms with Gasteiger partial charge in [-0.25, -0.2) is 15.0 Å². The number of piperidine rings is 1. The number of nitrogens with two attached hydrogens (primary N) is 1. The molecule has 1 fully saturated rings. The van der Waals surface area contributed by atoms with Crippen LogP contribution in [0.25, 0.3) is 16.8 Å². The number of imidazole rings is 1. The number of hydrogen-bond acceptors (Lipinski definition) is 6. The molecule has 3 aromatic heterocycles. The summed E-state index contributed by atoms with van der Waals surface area (Å²) in [5, 5.41) is 0.540. The summed E-state index contributed by atoms with van der Waals surface area (Å²) in [4.78, 5) is 16.2. The summed E-state index contributed by atoms with van der Waals surface area (Å²) >= 11 is 6.49. The van der Waals surface area contributed by atoms with E-state index in [0.29, 0.717) is 10.8 Å². The van der Waals surface area contributed by atoms with E-state index in [1.54, 1.807) is 18.5 Å². The second-order valence-electron chi connectivity index (χ2n) is 8.64. The van der Waals surface area contributed by atoms with Gasteiger partial charge in [0, 0.05) is 62.1 Å². The van der Waals surface area contributed by atoms with Crippen molar-refractivity contribution in [2.24, 2.45) is 0 Å². The second-order valence-corrected chi connectivity index (χ2v) is 9.05. The molecule has 0 amide bonds. The molecular formula is C24H23ClN6O. The first-order valence-corrected chi connectivity index (χ1v) is 11.2. The molecule has 32 heavy (non-hydrogen) atoms. The van der Waals surface area contributed by atoms with E-state index >= 15 is 0 Å². The van der Waals surface area contributed by atoms with Crippen molar-refractivity contribution in [2.75, 3.05) is 23.7 Å². The number of ether oxygens (including phenoxy) is 1. The first-order chi connectivity index (χ1) is 15.5. The highest BCUT2D eigenvalue weighted by atomic mass is 35.5. The highest BCUT2D eigenvalue weighted by molar-refractivity contribution is 6.33. The average Bonchev–Trinajstić information content (AvgIpc) is 3.39. The van der Waals surface area contributed by atoms with Crippen molar-refractivity contribution in [2.45, 2.75) is 31.8 Å². The molecule has 5 heterocycles. The van der Waals surface area contributed by atoms with Crippen LogP contribution in [0.3, 0.4) is 0 Å². The molecular weight excluding hydrogens is 424 g/mol. The van der Waals surface area contributed by atoms with E-state index in [-0.39, 0.29) is 5.60 Å². The van der Waals surface area contributed by atoms with Crippen LogP contribution in [0.4, 0.5) is 11.8 Å². The van der Waals surface area contributed by atoms with Crippen LogP contribution in [-0.4, -0.2) is 38.0 Å². The zero-order valence-electron chi connectivity index (χ0n) is 17.8. The first kappa shape index (κ1) is 19.4. The summed E-state index contributed by atoms with van der Waals surface area (Å²) in [7, 11) is 0. The topological polar surface area (TPSA) is 81.6 Å². The van der Waals surface area contributed by atoms with Gasteiger partial charge >= 0.3 is 0 Å². The van der Waals surface area contributed by atoms with Gasteiger partial charge in [-0.2, -0.15) is 0 Å². The molecule has 0 atom stereocenters. The quantitative estimate of drug-likeness (QED) is 0.494. The van der Waals surface area contributed by atoms with Crippen LogP contribution in [0.1, 0.15) is 24.1 Å². The second kappa shape index (κ2) is 7.10. The number of nitrogen functional groups attached to an aromatic ring is 1. The number of aryl methyl sites for hydroxylation is 1. The summed E-state index contributed by atoms with van der Waals surface area (Å²) in [6.07, 6.45) is 8.32. The monoisotopic (exact) mass is 446 g/mol. The Morgan fingerprint density at radius 1 is 1.16 bits per heavy atom. The Labute approximate surface area is 190 Å². The summed E-state index contributed by atoms with van der Waals surface area (Å²) in [6.45, 7) is 3.73. The lowest BCUT2D eigenvalue weighted by Gasteiger charge is -2.39. The van der Waals surface area contributed by atoms with Gasteiger partial charge in [-0.05, 0) is 24.6 Å². The van der Waals surface area contributed by atoms with Gasteiger partial charge in [0.1, 0.15) is 22.8 Å². The Bertz CT molecular complexity index is 1310. The summed E-state index contributed by atoms with van der Waals surface area (Å²) in [5.74, 6) is 2.31. The van der Waals surface area contributed by atoms with E-state index < -0.39 is 0 Å². The van der Waals surface area contributed by atoms with Crippen LogP contribution < -0.4 is 15.4 Å². The lowest BCUT2D eigenvalue weighted by molar-refractivity contribution is 0.0664. The van der Waals surface area contributed by atoms with Gasteiger partial charge in [0.2, 0.25) is 5.95 Å². The van der Waals surface area contributed by atoms with Crippen LogP contribution in [0.2, 0.25) is 5.02 Å². The molecule has 0 saturated carbocycles. The number of nitrogens with zero attached hydrogens (tertiary/aromatic N) is 5. The molecule has 0 radical (unpaired) electrons. The van der Waals surface area contributed by atoms with Crippen molar-refractivity contribution in [3.05, 3.63) is 65.2 Å². The summed E-state index contributed by atoms with van der Waals surface area (Å²) in [5.41, 5.74) is 10.3. The molecule has 1 spiro atoms. The van der Waals surface area contributed by atoms with Crippen molar-refractivity contribution >= 4 is 29.0 Å². The van der Waals surface area contributed by atoms with Crippen molar-refractivity contribution in [1.29, 1.82) is 0 Å². The third kappa shape index (κ3) is 2.99. The molecule has 2 N–H and O–H groups in total. The molecule has 4 aromatic rings. The van der Waals surface area contributed by atoms with Crippen molar-refractivity contribution < 1.29 is 4.74 Å². The minimum atomic E-state index is -0.105. The molecule has 7 nitrogen and oxygen atoms in total. The molecule has 162 valence electrons. The van der Waals surface area contributed by atoms with E-state index in [1.807, 2.05) is 23.6 Å². The lowest BCUT2D eigenvalue weighted by atomic mass is 9.87. The minimum absolute atomic E-state index is 0.105. The van der Waals surface area contributed by atoms with Gasteiger partial charge in [0.05, 0.1) is 10.7 Å². The number of fused-ring (bicyclic) bond motifs is 2. The number of aromatic nitrogens is 4. The third-order valence-corrected chi connectivity index (χ3v) is 6.94. The van der Waals surface area contributed by atoms with Crippen LogP contribution >= 0.6 is 11.6 Å². The standard InChI is InChI=1S/C24H23ClN6O/c1-15-21(17-14-28-20(26)12-18(17)25)22-27-8-11-31(22)23(29-15)30-9-6-24(7-10-30)13-16-4-2-3-5-19(16)32-24/h2-5,8,11-12,14H,6-7,9-10,13H2,1H3,(H2,26,28). The van der Waals surface area contributed by atoms with E-state index in [9.17, 15) is 0 Å². The largest absolute Gasteiger partial charge is 0.487 e. The van der Waals surface area contributed by atoms with Crippen molar-refractivity contribution in [3.63, 3.8) is 0 Å². The predicted molar refractivity (Wildman–Crippen MR) is 125 cm³/mol. The zero-order valence-corrected chi connectivity index (χ0v) is 18.5. The molecule has 2 aliphatic rings. The molecule has 8 heteroatoms. The molecule has 0 bridgehead atoms. The maximum atomic E-state index is 6.49. The maximum absolute atomic E-state index is 6.49. The van der Waals surface area contributed by atoms with Crippen LogP contribution in [-0.2, 0) is 6.42 Å². The number of halogens is 1. The van der Waals surface area contributed by atoms with Gasteiger partial charge in [-0.3, -0.25) is 4.40 Å². The van der Waals surface area contributed by atoms with Gasteiger partial charge in [0.15, 0.2) is 0 Å². The minimum Gasteiger partial charge on any atom is -0.487 e. The normalized spacial score (nSPS) is 17.0. The van der Waals surface area contributed by atoms with Crippen molar-refractivity contribution in [3.8, 4) is 16.9 Å². The molecule has 0 aliphatic carbocycles. The first-order valence-electron chi connectivity index (χ1n) is 10.8. The van der Waals surface area contributed by atoms with Crippen LogP contribution in [0.5, 0.6) is 5.75 Å². The molecule has 6 rings (SSSR count). The fourth-order valence-corrected chi connectivity index (χ4v) is 5.25. The van der Waals surface area contributed by atoms with E-state index in [1.165, 1.54) is 5.56 Å². The Balaban J connectivity index is 1.33. The molecule has 2 aliphatic heterocycles. The molecule has 1 saturated heterocycles. The van der Waals surface area contributed by atoms with Gasteiger partial charge in [-0.15, -0.1) is 0 Å². The van der Waals surface area contributed by atoms with E-state index in [2.05, 4.69) is 33.1 Å². The Kier molecular flexibility index (Phi) is 4.30. The lowest BCUT2D eigenvalue weighted by Crippen LogP contribution is -2.48. The van der Waals surface area contributed by atoms with Crippen molar-refractivity contribution in [1.82, 2.24) is 19.4 Å². The number of anilines is 2. The summed E-state index contributed by atoms with van der Waals surface area (Å²) < 4.78 is 8.46. The third-order valence-electron chi connectivity index (χ3n) is 6.62. The fourth-order valence-electron chi connectivity index (χ4n) is 5.00. The highest BCUT2D eigenvalue weighted by Gasteiger charge is 2.42. The number of rotatable bonds is 2. The Morgan fingerprint density at radius 2 is 1.97 bits per heavy atom. The fraction of sp³-hybridized carbons (Fsp3) is 0.292. The van der Waals surface area contributed by atoms with Crippen LogP contribution in [0.15, 0.2) is 48.9 Å². The summed E-state index contributed by atoms with van der Waals surface area (Å²) in [6, 6.07) is 10.0. The van der Waals surface area contributed by atoms with Crippen LogP contribution in [0, 0.1) is 6.92 Å². The number of pyridine rings is 1.